The zero-order chi connectivity index (χ0) is 10.8. The minimum Gasteiger partial charge on any atom is -0.465 e. The molecule has 4 nitrogen and oxygen atoms in total. The predicted molar refractivity (Wildman–Crippen MR) is 56.0 cm³/mol. The first-order chi connectivity index (χ1) is 7.20. The summed E-state index contributed by atoms with van der Waals surface area (Å²) in [5, 5.41) is 0.875. The summed E-state index contributed by atoms with van der Waals surface area (Å²) in [6, 6.07) is 0. The Hall–Kier alpha value is -0.940. The van der Waals surface area contributed by atoms with E-state index in [-0.39, 0.29) is 12.1 Å². The van der Waals surface area contributed by atoms with E-state index in [1.807, 2.05) is 0 Å². The Morgan fingerprint density at radius 1 is 1.67 bits per heavy atom. The van der Waals surface area contributed by atoms with Crippen LogP contribution >= 0.6 is 11.3 Å². The normalized spacial score (nSPS) is 25.5. The SMILES string of the molecule is COC(=O)c1cnc(C2CCC(C)O2)s1. The van der Waals surface area contributed by atoms with Crippen LogP contribution in [0.15, 0.2) is 6.20 Å². The average Bonchev–Trinajstić information content (AvgIpc) is 2.84. The average molecular weight is 227 g/mol. The number of rotatable bonds is 2. The Kier molecular flexibility index (Phi) is 3.02. The van der Waals surface area contributed by atoms with Gasteiger partial charge in [0.1, 0.15) is 16.0 Å². The highest BCUT2D eigenvalue weighted by atomic mass is 32.1. The summed E-state index contributed by atoms with van der Waals surface area (Å²) in [4.78, 5) is 15.9. The molecule has 15 heavy (non-hydrogen) atoms. The molecule has 2 unspecified atom stereocenters. The molecule has 1 aliphatic rings. The minimum atomic E-state index is -0.329. The molecular weight excluding hydrogens is 214 g/mol. The van der Waals surface area contributed by atoms with Crippen molar-refractivity contribution in [1.29, 1.82) is 0 Å². The minimum absolute atomic E-state index is 0.0587. The van der Waals surface area contributed by atoms with Gasteiger partial charge in [0.2, 0.25) is 0 Å². The van der Waals surface area contributed by atoms with Crippen LogP contribution in [0, 0.1) is 0 Å². The van der Waals surface area contributed by atoms with Gasteiger partial charge in [0.25, 0.3) is 0 Å². The van der Waals surface area contributed by atoms with Gasteiger partial charge in [-0.1, -0.05) is 0 Å². The van der Waals surface area contributed by atoms with Crippen LogP contribution in [0.1, 0.15) is 40.5 Å². The fourth-order valence-corrected chi connectivity index (χ4v) is 2.52. The van der Waals surface area contributed by atoms with Crippen molar-refractivity contribution in [2.75, 3.05) is 7.11 Å². The van der Waals surface area contributed by atoms with Gasteiger partial charge in [-0.2, -0.15) is 0 Å². The van der Waals surface area contributed by atoms with E-state index in [1.165, 1.54) is 18.4 Å². The van der Waals surface area contributed by atoms with Crippen molar-refractivity contribution in [3.63, 3.8) is 0 Å². The first-order valence-electron chi connectivity index (χ1n) is 4.90. The molecule has 1 aromatic heterocycles. The fourth-order valence-electron chi connectivity index (χ4n) is 1.62. The van der Waals surface area contributed by atoms with Crippen LogP contribution in [0.4, 0.5) is 0 Å². The molecule has 1 saturated heterocycles. The van der Waals surface area contributed by atoms with Crippen molar-refractivity contribution in [2.24, 2.45) is 0 Å². The van der Waals surface area contributed by atoms with E-state index in [4.69, 9.17) is 4.74 Å². The maximum atomic E-state index is 11.2. The van der Waals surface area contributed by atoms with Gasteiger partial charge in [-0.25, -0.2) is 9.78 Å². The topological polar surface area (TPSA) is 48.4 Å². The van der Waals surface area contributed by atoms with Crippen molar-refractivity contribution >= 4 is 17.3 Å². The largest absolute Gasteiger partial charge is 0.465 e. The summed E-state index contributed by atoms with van der Waals surface area (Å²) in [6.07, 6.45) is 3.94. The maximum absolute atomic E-state index is 11.2. The van der Waals surface area contributed by atoms with Gasteiger partial charge in [0, 0.05) is 0 Å². The third-order valence-electron chi connectivity index (χ3n) is 2.42. The lowest BCUT2D eigenvalue weighted by Gasteiger charge is -2.06. The fraction of sp³-hybridized carbons (Fsp3) is 0.600. The number of hydrogen-bond acceptors (Lipinski definition) is 5. The highest BCUT2D eigenvalue weighted by Crippen LogP contribution is 2.34. The van der Waals surface area contributed by atoms with Crippen molar-refractivity contribution in [3.8, 4) is 0 Å². The quantitative estimate of drug-likeness (QED) is 0.726. The molecule has 2 heterocycles. The zero-order valence-corrected chi connectivity index (χ0v) is 9.54. The van der Waals surface area contributed by atoms with Crippen LogP contribution in [0.25, 0.3) is 0 Å². The lowest BCUT2D eigenvalue weighted by atomic mass is 10.2. The molecule has 82 valence electrons. The highest BCUT2D eigenvalue weighted by Gasteiger charge is 2.26. The van der Waals surface area contributed by atoms with Crippen LogP contribution < -0.4 is 0 Å². The number of thiazole rings is 1. The molecule has 0 amide bonds. The summed E-state index contributed by atoms with van der Waals surface area (Å²) in [6.45, 7) is 2.05. The smallest absolute Gasteiger partial charge is 0.349 e. The van der Waals surface area contributed by atoms with Gasteiger partial charge in [-0.15, -0.1) is 11.3 Å². The van der Waals surface area contributed by atoms with Gasteiger partial charge >= 0.3 is 5.97 Å². The molecule has 0 N–H and O–H groups in total. The van der Waals surface area contributed by atoms with Crippen LogP contribution in [0.2, 0.25) is 0 Å². The Morgan fingerprint density at radius 2 is 2.47 bits per heavy atom. The molecule has 1 aromatic rings. The molecule has 2 rings (SSSR count). The molecular formula is C10H13NO3S. The first-order valence-corrected chi connectivity index (χ1v) is 5.72. The first kappa shape index (κ1) is 10.6. The van der Waals surface area contributed by atoms with Crippen molar-refractivity contribution in [1.82, 2.24) is 4.98 Å². The monoisotopic (exact) mass is 227 g/mol. The van der Waals surface area contributed by atoms with Crippen LogP contribution in [0.5, 0.6) is 0 Å². The number of carbonyl (C=O) groups is 1. The van der Waals surface area contributed by atoms with E-state index in [0.717, 1.165) is 17.8 Å². The Balaban J connectivity index is 2.10. The van der Waals surface area contributed by atoms with E-state index in [0.29, 0.717) is 11.0 Å². The molecule has 0 radical (unpaired) electrons. The second-order valence-electron chi connectivity index (χ2n) is 3.57. The third-order valence-corrected chi connectivity index (χ3v) is 3.49. The summed E-state index contributed by atoms with van der Waals surface area (Å²) >= 11 is 1.35. The number of ether oxygens (including phenoxy) is 2. The number of hydrogen-bond donors (Lipinski definition) is 0. The second kappa shape index (κ2) is 4.28. The molecule has 0 spiro atoms. The summed E-state index contributed by atoms with van der Waals surface area (Å²) < 4.78 is 10.3. The van der Waals surface area contributed by atoms with E-state index in [9.17, 15) is 4.79 Å². The summed E-state index contributed by atoms with van der Waals surface area (Å²) in [7, 11) is 1.37. The van der Waals surface area contributed by atoms with Crippen molar-refractivity contribution in [2.45, 2.75) is 32.0 Å². The van der Waals surface area contributed by atoms with Gasteiger partial charge in [0.15, 0.2) is 0 Å². The molecule has 0 aromatic carbocycles. The van der Waals surface area contributed by atoms with Crippen LogP contribution in [-0.4, -0.2) is 24.2 Å². The van der Waals surface area contributed by atoms with E-state index in [1.54, 1.807) is 6.20 Å². The number of nitrogens with zero attached hydrogens (tertiary/aromatic N) is 1. The zero-order valence-electron chi connectivity index (χ0n) is 8.73. The maximum Gasteiger partial charge on any atom is 0.349 e. The summed E-state index contributed by atoms with van der Waals surface area (Å²) in [5.74, 6) is -0.329. The predicted octanol–water partition coefficient (Wildman–Crippen LogP) is 2.17. The second-order valence-corrected chi connectivity index (χ2v) is 4.63. The molecule has 1 aliphatic heterocycles. The molecule has 0 bridgehead atoms. The van der Waals surface area contributed by atoms with E-state index >= 15 is 0 Å². The van der Waals surface area contributed by atoms with Crippen LogP contribution in [0.3, 0.4) is 0 Å². The van der Waals surface area contributed by atoms with Gasteiger partial charge < -0.3 is 9.47 Å². The lowest BCUT2D eigenvalue weighted by Crippen LogP contribution is -2.00. The molecule has 5 heteroatoms. The van der Waals surface area contributed by atoms with Gasteiger partial charge in [-0.05, 0) is 19.8 Å². The third kappa shape index (κ3) is 2.18. The Labute approximate surface area is 92.2 Å². The Morgan fingerprint density at radius 3 is 3.07 bits per heavy atom. The van der Waals surface area contributed by atoms with Gasteiger partial charge in [0.05, 0.1) is 19.4 Å². The highest BCUT2D eigenvalue weighted by molar-refractivity contribution is 7.13. The van der Waals surface area contributed by atoms with Crippen molar-refractivity contribution in [3.05, 3.63) is 16.1 Å². The summed E-state index contributed by atoms with van der Waals surface area (Å²) in [5.41, 5.74) is 0. The number of aromatic nitrogens is 1. The molecule has 0 saturated carbocycles. The lowest BCUT2D eigenvalue weighted by molar-refractivity contribution is 0.0554. The van der Waals surface area contributed by atoms with E-state index in [2.05, 4.69) is 16.6 Å². The Bertz CT molecular complexity index is 363. The number of carbonyl (C=O) groups excluding carboxylic acids is 1. The van der Waals surface area contributed by atoms with E-state index < -0.39 is 0 Å². The van der Waals surface area contributed by atoms with Crippen LogP contribution in [-0.2, 0) is 9.47 Å². The molecule has 2 atom stereocenters. The van der Waals surface area contributed by atoms with Crippen molar-refractivity contribution < 1.29 is 14.3 Å². The van der Waals surface area contributed by atoms with Gasteiger partial charge in [-0.3, -0.25) is 0 Å². The molecule has 0 aliphatic carbocycles. The standard InChI is InChI=1S/C10H13NO3S/c1-6-3-4-7(14-6)9-11-5-8(15-9)10(12)13-2/h5-7H,3-4H2,1-2H3. The number of esters is 1. The number of methoxy groups -OCH3 is 1. The molecule has 1 fully saturated rings.